The highest BCUT2D eigenvalue weighted by atomic mass is 32.2. The first-order chi connectivity index (χ1) is 10.5. The molecule has 1 unspecified atom stereocenters. The molecule has 1 aromatic carbocycles. The molecule has 0 radical (unpaired) electrons. The molecule has 1 heterocycles. The zero-order chi connectivity index (χ0) is 16.1. The first-order valence-corrected chi connectivity index (χ1v) is 9.72. The normalized spacial score (nSPS) is 25.5. The third kappa shape index (κ3) is 3.72. The highest BCUT2D eigenvalue weighted by molar-refractivity contribution is 7.92. The van der Waals surface area contributed by atoms with Crippen molar-refractivity contribution in [2.24, 2.45) is 0 Å². The van der Waals surface area contributed by atoms with Gasteiger partial charge in [-0.3, -0.25) is 0 Å². The lowest BCUT2D eigenvalue weighted by Crippen LogP contribution is -2.42. The Hall–Kier alpha value is -1.29. The molecule has 2 rings (SSSR count). The van der Waals surface area contributed by atoms with Crippen molar-refractivity contribution in [3.8, 4) is 0 Å². The molecular formula is C18H26O3S. The van der Waals surface area contributed by atoms with Gasteiger partial charge in [0.15, 0.2) is 9.84 Å². The fourth-order valence-electron chi connectivity index (χ4n) is 3.04. The van der Waals surface area contributed by atoms with Gasteiger partial charge in [0.25, 0.3) is 0 Å². The van der Waals surface area contributed by atoms with Crippen molar-refractivity contribution in [1.82, 2.24) is 0 Å². The van der Waals surface area contributed by atoms with Crippen LogP contribution in [0.4, 0.5) is 0 Å². The van der Waals surface area contributed by atoms with Gasteiger partial charge in [-0.2, -0.15) is 0 Å². The first kappa shape index (κ1) is 17.1. The van der Waals surface area contributed by atoms with Crippen LogP contribution in [0, 0.1) is 0 Å². The quantitative estimate of drug-likeness (QED) is 0.763. The summed E-state index contributed by atoms with van der Waals surface area (Å²) in [7, 11) is -3.09. The molecule has 4 heteroatoms. The number of sulfone groups is 1. The van der Waals surface area contributed by atoms with E-state index in [2.05, 4.69) is 0 Å². The lowest BCUT2D eigenvalue weighted by Gasteiger charge is -2.30. The van der Waals surface area contributed by atoms with Crippen molar-refractivity contribution in [3.63, 3.8) is 0 Å². The molecule has 0 bridgehead atoms. The summed E-state index contributed by atoms with van der Waals surface area (Å²) in [4.78, 5) is 0. The summed E-state index contributed by atoms with van der Waals surface area (Å²) < 4.78 is 30.2. The minimum absolute atomic E-state index is 0.260. The average Bonchev–Trinajstić information content (AvgIpc) is 2.67. The van der Waals surface area contributed by atoms with E-state index in [-0.39, 0.29) is 6.61 Å². The van der Waals surface area contributed by atoms with E-state index < -0.39 is 14.6 Å². The number of benzene rings is 1. The SMILES string of the molecule is CCC1(CO/C=C(/C)c2ccccc2)CCCCCS1(=O)=O. The van der Waals surface area contributed by atoms with Crippen LogP contribution in [-0.4, -0.2) is 25.5 Å². The Bertz CT molecular complexity index is 604. The lowest BCUT2D eigenvalue weighted by atomic mass is 9.99. The first-order valence-electron chi connectivity index (χ1n) is 8.07. The summed E-state index contributed by atoms with van der Waals surface area (Å²) in [6, 6.07) is 9.98. The van der Waals surface area contributed by atoms with Gasteiger partial charge in [-0.25, -0.2) is 8.42 Å². The van der Waals surface area contributed by atoms with E-state index in [1.807, 2.05) is 44.2 Å². The molecule has 0 spiro atoms. The van der Waals surface area contributed by atoms with Crippen molar-refractivity contribution >= 4 is 15.4 Å². The lowest BCUT2D eigenvalue weighted by molar-refractivity contribution is 0.198. The van der Waals surface area contributed by atoms with Gasteiger partial charge in [-0.05, 0) is 37.3 Å². The third-order valence-corrected chi connectivity index (χ3v) is 7.44. The molecule has 1 aromatic rings. The number of hydrogen-bond acceptors (Lipinski definition) is 3. The maximum Gasteiger partial charge on any atom is 0.159 e. The van der Waals surface area contributed by atoms with E-state index in [4.69, 9.17) is 4.74 Å². The van der Waals surface area contributed by atoms with Crippen LogP contribution in [0.25, 0.3) is 5.57 Å². The van der Waals surface area contributed by atoms with Crippen molar-refractivity contribution in [2.75, 3.05) is 12.4 Å². The second-order valence-electron chi connectivity index (χ2n) is 6.14. The molecule has 1 aliphatic rings. The predicted molar refractivity (Wildman–Crippen MR) is 91.3 cm³/mol. The van der Waals surface area contributed by atoms with Crippen LogP contribution in [0.15, 0.2) is 36.6 Å². The standard InChI is InChI=1S/C18H26O3S/c1-3-18(12-8-5-9-13-22(18,19)20)15-21-14-16(2)17-10-6-4-7-11-17/h4,6-7,10-11,14H,3,5,8-9,12-13,15H2,1-2H3/b16-14-. The Labute approximate surface area is 134 Å². The predicted octanol–water partition coefficient (Wildman–Crippen LogP) is 4.20. The monoisotopic (exact) mass is 322 g/mol. The van der Waals surface area contributed by atoms with E-state index in [9.17, 15) is 8.42 Å². The summed E-state index contributed by atoms with van der Waals surface area (Å²) >= 11 is 0. The van der Waals surface area contributed by atoms with Crippen molar-refractivity contribution in [3.05, 3.63) is 42.2 Å². The van der Waals surface area contributed by atoms with Gasteiger partial charge in [-0.1, -0.05) is 50.1 Å². The van der Waals surface area contributed by atoms with Gasteiger partial charge in [0.05, 0.1) is 12.0 Å². The summed E-state index contributed by atoms with van der Waals surface area (Å²) in [5.41, 5.74) is 2.11. The summed E-state index contributed by atoms with van der Waals surface area (Å²) in [5.74, 6) is 0.297. The average molecular weight is 322 g/mol. The molecule has 0 aromatic heterocycles. The molecule has 122 valence electrons. The van der Waals surface area contributed by atoms with E-state index >= 15 is 0 Å². The highest BCUT2D eigenvalue weighted by Gasteiger charge is 2.43. The van der Waals surface area contributed by atoms with Gasteiger partial charge in [0.1, 0.15) is 11.4 Å². The third-order valence-electron chi connectivity index (χ3n) is 4.69. The second kappa shape index (κ2) is 7.32. The van der Waals surface area contributed by atoms with Crippen molar-refractivity contribution in [2.45, 2.75) is 50.7 Å². The Kier molecular flexibility index (Phi) is 5.68. The minimum atomic E-state index is -3.09. The Morgan fingerprint density at radius 3 is 2.64 bits per heavy atom. The van der Waals surface area contributed by atoms with Crippen LogP contribution >= 0.6 is 0 Å². The molecule has 3 nitrogen and oxygen atoms in total. The van der Waals surface area contributed by atoms with Crippen molar-refractivity contribution < 1.29 is 13.2 Å². The second-order valence-corrected chi connectivity index (χ2v) is 8.65. The molecule has 1 fully saturated rings. The Morgan fingerprint density at radius 2 is 1.95 bits per heavy atom. The molecular weight excluding hydrogens is 296 g/mol. The molecule has 0 aliphatic carbocycles. The molecule has 22 heavy (non-hydrogen) atoms. The zero-order valence-electron chi connectivity index (χ0n) is 13.5. The van der Waals surface area contributed by atoms with Crippen LogP contribution in [0.3, 0.4) is 0 Å². The molecule has 0 N–H and O–H groups in total. The fourth-order valence-corrected chi connectivity index (χ4v) is 5.20. The van der Waals surface area contributed by atoms with Gasteiger partial charge < -0.3 is 4.74 Å². The number of ether oxygens (including phenoxy) is 1. The van der Waals surface area contributed by atoms with Crippen LogP contribution in [0.1, 0.15) is 51.5 Å². The molecule has 0 amide bonds. The summed E-state index contributed by atoms with van der Waals surface area (Å²) in [6.07, 6.45) is 5.78. The smallest absolute Gasteiger partial charge is 0.159 e. The van der Waals surface area contributed by atoms with E-state index in [0.717, 1.165) is 30.4 Å². The number of hydrogen-bond donors (Lipinski definition) is 0. The number of rotatable bonds is 5. The maximum absolute atomic E-state index is 12.6. The topological polar surface area (TPSA) is 43.4 Å². The summed E-state index contributed by atoms with van der Waals surface area (Å²) in [6.45, 7) is 4.20. The van der Waals surface area contributed by atoms with Crippen LogP contribution in [0.5, 0.6) is 0 Å². The fraction of sp³-hybridized carbons (Fsp3) is 0.556. The molecule has 1 aliphatic heterocycles. The molecule has 0 saturated carbocycles. The minimum Gasteiger partial charge on any atom is -0.499 e. The van der Waals surface area contributed by atoms with Gasteiger partial charge in [0, 0.05) is 0 Å². The highest BCUT2D eigenvalue weighted by Crippen LogP contribution is 2.33. The van der Waals surface area contributed by atoms with E-state index in [1.165, 1.54) is 0 Å². The number of allylic oxidation sites excluding steroid dienone is 1. The largest absolute Gasteiger partial charge is 0.499 e. The van der Waals surface area contributed by atoms with Crippen LogP contribution in [0.2, 0.25) is 0 Å². The van der Waals surface area contributed by atoms with E-state index in [0.29, 0.717) is 18.6 Å². The molecule has 1 saturated heterocycles. The summed E-state index contributed by atoms with van der Waals surface area (Å²) in [5, 5.41) is 0. The van der Waals surface area contributed by atoms with Crippen LogP contribution < -0.4 is 0 Å². The van der Waals surface area contributed by atoms with Gasteiger partial charge >= 0.3 is 0 Å². The van der Waals surface area contributed by atoms with Gasteiger partial charge in [-0.15, -0.1) is 0 Å². The van der Waals surface area contributed by atoms with Crippen LogP contribution in [-0.2, 0) is 14.6 Å². The van der Waals surface area contributed by atoms with E-state index in [1.54, 1.807) is 6.26 Å². The Balaban J connectivity index is 2.10. The molecule has 1 atom stereocenters. The Morgan fingerprint density at radius 1 is 1.23 bits per heavy atom. The zero-order valence-corrected chi connectivity index (χ0v) is 14.4. The van der Waals surface area contributed by atoms with Gasteiger partial charge in [0.2, 0.25) is 0 Å². The maximum atomic E-state index is 12.6. The van der Waals surface area contributed by atoms with Crippen molar-refractivity contribution in [1.29, 1.82) is 0 Å².